The van der Waals surface area contributed by atoms with E-state index in [0.717, 1.165) is 12.1 Å². The van der Waals surface area contributed by atoms with Crippen molar-refractivity contribution in [2.75, 3.05) is 20.2 Å². The largest absolute Gasteiger partial charge is 0.496 e. The number of carboxylic acid groups (broad SMARTS) is 1. The predicted molar refractivity (Wildman–Crippen MR) is 65.1 cm³/mol. The first-order valence-electron chi connectivity index (χ1n) is 5.73. The minimum Gasteiger partial charge on any atom is -0.496 e. The fourth-order valence-electron chi connectivity index (χ4n) is 2.09. The molecule has 0 fully saturated rings. The monoisotopic (exact) mass is 269 g/mol. The van der Waals surface area contributed by atoms with Crippen molar-refractivity contribution in [3.8, 4) is 5.75 Å². The first kappa shape index (κ1) is 13.3. The van der Waals surface area contributed by atoms with E-state index in [0.29, 0.717) is 12.0 Å². The fourth-order valence-corrected chi connectivity index (χ4v) is 2.09. The molecule has 6 heteroatoms. The highest BCUT2D eigenvalue weighted by molar-refractivity contribution is 5.74. The second-order valence-corrected chi connectivity index (χ2v) is 4.17. The van der Waals surface area contributed by atoms with Crippen molar-refractivity contribution in [2.24, 2.45) is 0 Å². The molecule has 1 amide bonds. The van der Waals surface area contributed by atoms with Crippen LogP contribution >= 0.6 is 0 Å². The van der Waals surface area contributed by atoms with Crippen LogP contribution < -0.4 is 4.74 Å². The number of ether oxygens (including phenoxy) is 1. The standard InChI is InChI=1S/C13H13F2NO3/c1-19-11-7-9(14)6-10(15)12(11)8-2-4-16(5-3-8)13(17)18/h2,6-7H,3-5H2,1H3,(H,17,18). The van der Waals surface area contributed by atoms with Gasteiger partial charge in [0.25, 0.3) is 0 Å². The molecular formula is C13H13F2NO3. The predicted octanol–water partition coefficient (Wildman–Crippen LogP) is 2.74. The van der Waals surface area contributed by atoms with E-state index in [4.69, 9.17) is 9.84 Å². The zero-order valence-electron chi connectivity index (χ0n) is 10.3. The second-order valence-electron chi connectivity index (χ2n) is 4.17. The maximum atomic E-state index is 13.8. The maximum absolute atomic E-state index is 13.8. The van der Waals surface area contributed by atoms with Crippen LogP contribution in [0.2, 0.25) is 0 Å². The molecular weight excluding hydrogens is 256 g/mol. The van der Waals surface area contributed by atoms with Crippen LogP contribution in [0.1, 0.15) is 12.0 Å². The van der Waals surface area contributed by atoms with Crippen molar-refractivity contribution < 1.29 is 23.4 Å². The Morgan fingerprint density at radius 3 is 2.68 bits per heavy atom. The maximum Gasteiger partial charge on any atom is 0.407 e. The highest BCUT2D eigenvalue weighted by Gasteiger charge is 2.21. The molecule has 1 aromatic rings. The second kappa shape index (κ2) is 5.26. The molecule has 19 heavy (non-hydrogen) atoms. The number of amides is 1. The fraction of sp³-hybridized carbons (Fsp3) is 0.308. The first-order valence-corrected chi connectivity index (χ1v) is 5.73. The molecule has 1 aliphatic rings. The average molecular weight is 269 g/mol. The van der Waals surface area contributed by atoms with E-state index >= 15 is 0 Å². The molecule has 0 bridgehead atoms. The van der Waals surface area contributed by atoms with Crippen molar-refractivity contribution in [1.29, 1.82) is 0 Å². The van der Waals surface area contributed by atoms with Gasteiger partial charge in [0, 0.05) is 25.2 Å². The van der Waals surface area contributed by atoms with Crippen molar-refractivity contribution in [3.05, 3.63) is 35.4 Å². The third kappa shape index (κ3) is 2.67. The Morgan fingerprint density at radius 1 is 1.42 bits per heavy atom. The van der Waals surface area contributed by atoms with Crippen molar-refractivity contribution in [2.45, 2.75) is 6.42 Å². The van der Waals surface area contributed by atoms with Crippen LogP contribution in [-0.4, -0.2) is 36.3 Å². The Kier molecular flexibility index (Phi) is 3.69. The minimum absolute atomic E-state index is 0.118. The summed E-state index contributed by atoms with van der Waals surface area (Å²) in [4.78, 5) is 12.0. The number of carbonyl (C=O) groups is 1. The summed E-state index contributed by atoms with van der Waals surface area (Å²) in [6.45, 7) is 0.464. The zero-order chi connectivity index (χ0) is 14.0. The van der Waals surface area contributed by atoms with Gasteiger partial charge < -0.3 is 14.7 Å². The summed E-state index contributed by atoms with van der Waals surface area (Å²) in [6, 6.07) is 1.91. The van der Waals surface area contributed by atoms with E-state index in [1.165, 1.54) is 12.0 Å². The van der Waals surface area contributed by atoms with Gasteiger partial charge in [-0.2, -0.15) is 0 Å². The van der Waals surface area contributed by atoms with E-state index in [9.17, 15) is 13.6 Å². The molecule has 0 unspecified atom stereocenters. The summed E-state index contributed by atoms with van der Waals surface area (Å²) in [5.74, 6) is -1.29. The van der Waals surface area contributed by atoms with Gasteiger partial charge in [-0.3, -0.25) is 0 Å². The number of rotatable bonds is 2. The molecule has 1 aliphatic heterocycles. The topological polar surface area (TPSA) is 49.8 Å². The van der Waals surface area contributed by atoms with Gasteiger partial charge >= 0.3 is 6.09 Å². The first-order chi connectivity index (χ1) is 9.02. The number of benzene rings is 1. The molecule has 0 saturated heterocycles. The smallest absolute Gasteiger partial charge is 0.407 e. The van der Waals surface area contributed by atoms with Crippen LogP contribution in [0.25, 0.3) is 5.57 Å². The average Bonchev–Trinajstić information content (AvgIpc) is 2.38. The molecule has 0 radical (unpaired) electrons. The summed E-state index contributed by atoms with van der Waals surface area (Å²) in [7, 11) is 1.34. The molecule has 0 aliphatic carbocycles. The summed E-state index contributed by atoms with van der Waals surface area (Å²) < 4.78 is 31.9. The van der Waals surface area contributed by atoms with Gasteiger partial charge in [0.2, 0.25) is 0 Å². The number of methoxy groups -OCH3 is 1. The van der Waals surface area contributed by atoms with Crippen LogP contribution in [0.15, 0.2) is 18.2 Å². The van der Waals surface area contributed by atoms with Crippen LogP contribution in [0.3, 0.4) is 0 Å². The van der Waals surface area contributed by atoms with Gasteiger partial charge in [-0.15, -0.1) is 0 Å². The number of hydrogen-bond acceptors (Lipinski definition) is 2. The molecule has 0 aromatic heterocycles. The summed E-state index contributed by atoms with van der Waals surface area (Å²) in [5, 5.41) is 8.84. The molecule has 1 aromatic carbocycles. The molecule has 1 heterocycles. The zero-order valence-corrected chi connectivity index (χ0v) is 10.3. The molecule has 102 valence electrons. The minimum atomic E-state index is -1.01. The van der Waals surface area contributed by atoms with E-state index in [-0.39, 0.29) is 24.4 Å². The van der Waals surface area contributed by atoms with Gasteiger partial charge in [-0.05, 0) is 12.0 Å². The van der Waals surface area contributed by atoms with Crippen LogP contribution in [0, 0.1) is 11.6 Å². The summed E-state index contributed by atoms with van der Waals surface area (Å²) >= 11 is 0. The van der Waals surface area contributed by atoms with E-state index in [1.807, 2.05) is 0 Å². The van der Waals surface area contributed by atoms with E-state index < -0.39 is 17.7 Å². The highest BCUT2D eigenvalue weighted by Crippen LogP contribution is 2.33. The number of halogens is 2. The quantitative estimate of drug-likeness (QED) is 0.898. The van der Waals surface area contributed by atoms with Crippen LogP contribution in [-0.2, 0) is 0 Å². The van der Waals surface area contributed by atoms with Crippen molar-refractivity contribution >= 4 is 11.7 Å². The summed E-state index contributed by atoms with van der Waals surface area (Å²) in [6.07, 6.45) is 0.976. The molecule has 0 spiro atoms. The molecule has 2 rings (SSSR count). The van der Waals surface area contributed by atoms with Crippen LogP contribution in [0.4, 0.5) is 13.6 Å². The molecule has 0 atom stereocenters. The van der Waals surface area contributed by atoms with Gasteiger partial charge in [0.15, 0.2) is 0 Å². The normalized spacial score (nSPS) is 15.1. The Morgan fingerprint density at radius 2 is 2.16 bits per heavy atom. The Bertz CT molecular complexity index is 543. The van der Waals surface area contributed by atoms with Crippen molar-refractivity contribution in [1.82, 2.24) is 4.90 Å². The number of hydrogen-bond donors (Lipinski definition) is 1. The molecule has 1 N–H and O–H groups in total. The van der Waals surface area contributed by atoms with Crippen molar-refractivity contribution in [3.63, 3.8) is 0 Å². The molecule has 4 nitrogen and oxygen atoms in total. The van der Waals surface area contributed by atoms with Crippen LogP contribution in [0.5, 0.6) is 5.75 Å². The van der Waals surface area contributed by atoms with Gasteiger partial charge in [-0.25, -0.2) is 13.6 Å². The van der Waals surface area contributed by atoms with Gasteiger partial charge in [0.05, 0.1) is 12.7 Å². The Labute approximate surface area is 108 Å². The third-order valence-corrected chi connectivity index (χ3v) is 3.04. The Balaban J connectivity index is 2.35. The highest BCUT2D eigenvalue weighted by atomic mass is 19.1. The lowest BCUT2D eigenvalue weighted by Crippen LogP contribution is -2.33. The van der Waals surface area contributed by atoms with Gasteiger partial charge in [0.1, 0.15) is 17.4 Å². The SMILES string of the molecule is COc1cc(F)cc(F)c1C1=CCN(C(=O)O)CC1. The summed E-state index contributed by atoms with van der Waals surface area (Å²) in [5.41, 5.74) is 0.834. The lowest BCUT2D eigenvalue weighted by Gasteiger charge is -2.24. The molecule has 0 saturated carbocycles. The lowest BCUT2D eigenvalue weighted by molar-refractivity contribution is 0.150. The third-order valence-electron chi connectivity index (χ3n) is 3.04. The van der Waals surface area contributed by atoms with E-state index in [1.54, 1.807) is 6.08 Å². The Hall–Kier alpha value is -2.11. The lowest BCUT2D eigenvalue weighted by atomic mass is 9.98. The van der Waals surface area contributed by atoms with E-state index in [2.05, 4.69) is 0 Å². The number of nitrogens with zero attached hydrogens (tertiary/aromatic N) is 1. The van der Waals surface area contributed by atoms with Gasteiger partial charge in [-0.1, -0.05) is 6.08 Å².